The van der Waals surface area contributed by atoms with Gasteiger partial charge in [-0.3, -0.25) is 9.59 Å². The monoisotopic (exact) mass is 497 g/mol. The van der Waals surface area contributed by atoms with Crippen LogP contribution in [0.25, 0.3) is 0 Å². The number of ether oxygens (including phenoxy) is 1. The van der Waals surface area contributed by atoms with Crippen LogP contribution in [0.3, 0.4) is 0 Å². The Morgan fingerprint density at radius 3 is 2.29 bits per heavy atom. The summed E-state index contributed by atoms with van der Waals surface area (Å²) < 4.78 is 40.8. The van der Waals surface area contributed by atoms with Gasteiger partial charge in [-0.05, 0) is 62.8 Å². The summed E-state index contributed by atoms with van der Waals surface area (Å²) in [5.74, 6) is -0.154. The first kappa shape index (κ1) is 27.1. The SMILES string of the molecule is C[C@@H](CNc1ccc(OC(F)(F)F)cc1)NC(=O)[C@@H](CC(=O)N1CCCCC1)CC1CCCCC1. The maximum absolute atomic E-state index is 13.2. The quantitative estimate of drug-likeness (QED) is 0.448. The Kier molecular flexibility index (Phi) is 10.1. The third-order valence-corrected chi connectivity index (χ3v) is 6.93. The first-order valence-electron chi connectivity index (χ1n) is 12.9. The fraction of sp³-hybridized carbons (Fsp3) is 0.692. The third kappa shape index (κ3) is 9.61. The summed E-state index contributed by atoms with van der Waals surface area (Å²) in [6.45, 7) is 3.84. The first-order chi connectivity index (χ1) is 16.7. The van der Waals surface area contributed by atoms with Gasteiger partial charge < -0.3 is 20.3 Å². The number of nitrogens with zero attached hydrogens (tertiary/aromatic N) is 1. The van der Waals surface area contributed by atoms with Crippen molar-refractivity contribution in [3.8, 4) is 5.75 Å². The van der Waals surface area contributed by atoms with Crippen molar-refractivity contribution in [1.82, 2.24) is 10.2 Å². The molecule has 2 N–H and O–H groups in total. The van der Waals surface area contributed by atoms with E-state index < -0.39 is 6.36 Å². The van der Waals surface area contributed by atoms with Gasteiger partial charge in [0.15, 0.2) is 0 Å². The molecule has 1 aliphatic heterocycles. The number of nitrogens with one attached hydrogen (secondary N) is 2. The highest BCUT2D eigenvalue weighted by Gasteiger charge is 2.31. The van der Waals surface area contributed by atoms with E-state index in [1.807, 2.05) is 11.8 Å². The standard InChI is InChI=1S/C26H38F3N3O3/c1-19(18-30-22-10-12-23(13-11-22)35-26(27,28)29)31-25(34)21(16-20-8-4-2-5-9-20)17-24(33)32-14-6-3-7-15-32/h10-13,19-21,30H,2-9,14-18H2,1H3,(H,31,34)/t19-,21+/m0/s1. The summed E-state index contributed by atoms with van der Waals surface area (Å²) >= 11 is 0. The van der Waals surface area contributed by atoms with Crippen LogP contribution in [0.2, 0.25) is 0 Å². The van der Waals surface area contributed by atoms with Gasteiger partial charge in [0.1, 0.15) is 5.75 Å². The van der Waals surface area contributed by atoms with Gasteiger partial charge in [0.05, 0.1) is 0 Å². The highest BCUT2D eigenvalue weighted by Crippen LogP contribution is 2.31. The summed E-state index contributed by atoms with van der Waals surface area (Å²) in [5.41, 5.74) is 0.625. The summed E-state index contributed by atoms with van der Waals surface area (Å²) in [6, 6.07) is 5.27. The Labute approximate surface area is 206 Å². The van der Waals surface area contributed by atoms with Crippen molar-refractivity contribution in [3.63, 3.8) is 0 Å². The predicted octanol–water partition coefficient (Wildman–Crippen LogP) is 5.49. The van der Waals surface area contributed by atoms with Gasteiger partial charge in [0.25, 0.3) is 0 Å². The zero-order valence-corrected chi connectivity index (χ0v) is 20.5. The molecular weight excluding hydrogens is 459 g/mol. The van der Waals surface area contributed by atoms with E-state index in [4.69, 9.17) is 0 Å². The molecule has 1 saturated heterocycles. The summed E-state index contributed by atoms with van der Waals surface area (Å²) in [4.78, 5) is 28.0. The van der Waals surface area contributed by atoms with Gasteiger partial charge in [-0.1, -0.05) is 32.1 Å². The fourth-order valence-corrected chi connectivity index (χ4v) is 5.05. The number of amides is 2. The number of carbonyl (C=O) groups excluding carboxylic acids is 2. The van der Waals surface area contributed by atoms with Crippen molar-refractivity contribution in [3.05, 3.63) is 24.3 Å². The lowest BCUT2D eigenvalue weighted by molar-refractivity contribution is -0.274. The van der Waals surface area contributed by atoms with Crippen LogP contribution in [0.5, 0.6) is 5.75 Å². The molecule has 0 unspecified atom stereocenters. The number of alkyl halides is 3. The summed E-state index contributed by atoms with van der Waals surface area (Å²) in [5, 5.41) is 6.17. The highest BCUT2D eigenvalue weighted by atomic mass is 19.4. The summed E-state index contributed by atoms with van der Waals surface area (Å²) in [6.07, 6.45) is 5.32. The second-order valence-electron chi connectivity index (χ2n) is 9.94. The molecule has 2 fully saturated rings. The van der Waals surface area contributed by atoms with Crippen LogP contribution in [0.4, 0.5) is 18.9 Å². The molecule has 1 aliphatic carbocycles. The van der Waals surface area contributed by atoms with Crippen LogP contribution in [0.1, 0.15) is 71.1 Å². The zero-order valence-electron chi connectivity index (χ0n) is 20.5. The Balaban J connectivity index is 1.52. The van der Waals surface area contributed by atoms with Crippen LogP contribution in [-0.4, -0.2) is 48.8 Å². The second-order valence-corrected chi connectivity index (χ2v) is 9.94. The smallest absolute Gasteiger partial charge is 0.406 e. The van der Waals surface area contributed by atoms with Crippen molar-refractivity contribution in [2.75, 3.05) is 25.0 Å². The van der Waals surface area contributed by atoms with Crippen molar-refractivity contribution in [1.29, 1.82) is 0 Å². The molecule has 2 amide bonds. The Hall–Kier alpha value is -2.45. The van der Waals surface area contributed by atoms with Gasteiger partial charge >= 0.3 is 6.36 Å². The van der Waals surface area contributed by atoms with E-state index >= 15 is 0 Å². The Bertz CT molecular complexity index is 804. The van der Waals surface area contributed by atoms with Crippen LogP contribution in [0.15, 0.2) is 24.3 Å². The minimum Gasteiger partial charge on any atom is -0.406 e. The average Bonchev–Trinajstić information content (AvgIpc) is 2.83. The van der Waals surface area contributed by atoms with Gasteiger partial charge in [-0.15, -0.1) is 13.2 Å². The molecule has 1 aromatic rings. The van der Waals surface area contributed by atoms with Crippen molar-refractivity contribution >= 4 is 17.5 Å². The number of hydrogen-bond acceptors (Lipinski definition) is 4. The maximum Gasteiger partial charge on any atom is 0.573 e. The molecule has 6 nitrogen and oxygen atoms in total. The number of benzene rings is 1. The lowest BCUT2D eigenvalue weighted by atomic mass is 9.81. The molecule has 2 aliphatic rings. The molecule has 35 heavy (non-hydrogen) atoms. The van der Waals surface area contributed by atoms with E-state index in [9.17, 15) is 22.8 Å². The second kappa shape index (κ2) is 13.0. The molecule has 9 heteroatoms. The van der Waals surface area contributed by atoms with Crippen molar-refractivity contribution in [2.24, 2.45) is 11.8 Å². The highest BCUT2D eigenvalue weighted by molar-refractivity contribution is 5.86. The third-order valence-electron chi connectivity index (χ3n) is 6.93. The van der Waals surface area contributed by atoms with Crippen LogP contribution in [-0.2, 0) is 9.59 Å². The lowest BCUT2D eigenvalue weighted by Crippen LogP contribution is -2.44. The minimum absolute atomic E-state index is 0.0765. The normalized spacial score (nSPS) is 19.0. The topological polar surface area (TPSA) is 70.7 Å². The average molecular weight is 498 g/mol. The molecule has 196 valence electrons. The molecule has 1 aromatic carbocycles. The van der Waals surface area contributed by atoms with Gasteiger partial charge in [0, 0.05) is 43.7 Å². The van der Waals surface area contributed by atoms with Gasteiger partial charge in [-0.2, -0.15) is 0 Å². The minimum atomic E-state index is -4.72. The molecule has 3 rings (SSSR count). The fourth-order valence-electron chi connectivity index (χ4n) is 5.05. The van der Waals surface area contributed by atoms with E-state index in [1.54, 1.807) is 0 Å². The first-order valence-corrected chi connectivity index (χ1v) is 12.9. The number of carbonyl (C=O) groups is 2. The van der Waals surface area contributed by atoms with Crippen molar-refractivity contribution in [2.45, 2.75) is 83.5 Å². The Morgan fingerprint density at radius 1 is 1.03 bits per heavy atom. The van der Waals surface area contributed by atoms with E-state index in [-0.39, 0.29) is 35.9 Å². The van der Waals surface area contributed by atoms with E-state index in [0.717, 1.165) is 51.6 Å². The molecule has 0 bridgehead atoms. The molecule has 1 heterocycles. The molecule has 1 saturated carbocycles. The van der Waals surface area contributed by atoms with Crippen molar-refractivity contribution < 1.29 is 27.5 Å². The van der Waals surface area contributed by atoms with E-state index in [2.05, 4.69) is 15.4 Å². The number of halogens is 3. The molecular formula is C26H38F3N3O3. The number of anilines is 1. The van der Waals surface area contributed by atoms with E-state index in [1.165, 1.54) is 43.5 Å². The number of hydrogen-bond donors (Lipinski definition) is 2. The molecule has 2 atom stereocenters. The van der Waals surface area contributed by atoms with Gasteiger partial charge in [-0.25, -0.2) is 0 Å². The van der Waals surface area contributed by atoms with Crippen LogP contribution in [0, 0.1) is 11.8 Å². The molecule has 0 aromatic heterocycles. The maximum atomic E-state index is 13.2. The van der Waals surface area contributed by atoms with Gasteiger partial charge in [0.2, 0.25) is 11.8 Å². The Morgan fingerprint density at radius 2 is 1.66 bits per heavy atom. The lowest BCUT2D eigenvalue weighted by Gasteiger charge is -2.30. The number of likely N-dealkylation sites (tertiary alicyclic amines) is 1. The largest absolute Gasteiger partial charge is 0.573 e. The number of piperidine rings is 1. The molecule has 0 radical (unpaired) electrons. The number of rotatable bonds is 10. The van der Waals surface area contributed by atoms with Crippen LogP contribution >= 0.6 is 0 Å². The van der Waals surface area contributed by atoms with Crippen LogP contribution < -0.4 is 15.4 Å². The van der Waals surface area contributed by atoms with E-state index in [0.29, 0.717) is 18.2 Å². The zero-order chi connectivity index (χ0) is 25.3. The molecule has 0 spiro atoms. The summed E-state index contributed by atoms with van der Waals surface area (Å²) in [7, 11) is 0. The predicted molar refractivity (Wildman–Crippen MR) is 129 cm³/mol.